The number of likely N-dealkylation sites (N-methyl/N-ethyl adjacent to an activating group) is 1. The topological polar surface area (TPSA) is 70.1 Å². The van der Waals surface area contributed by atoms with Crippen molar-refractivity contribution in [1.82, 2.24) is 9.80 Å². The van der Waals surface area contributed by atoms with Crippen molar-refractivity contribution in [3.8, 4) is 5.75 Å². The molecule has 1 unspecified atom stereocenters. The van der Waals surface area contributed by atoms with E-state index in [-0.39, 0.29) is 11.3 Å². The van der Waals surface area contributed by atoms with Crippen molar-refractivity contribution in [2.45, 2.75) is 33.7 Å². The minimum absolute atomic E-state index is 0.129. The van der Waals surface area contributed by atoms with Gasteiger partial charge in [0.1, 0.15) is 11.5 Å². The zero-order valence-corrected chi connectivity index (χ0v) is 19.3. The highest BCUT2D eigenvalue weighted by molar-refractivity contribution is 6.46. The Hall–Kier alpha value is -3.12. The molecule has 0 aliphatic carbocycles. The molecule has 6 heteroatoms. The predicted octanol–water partition coefficient (Wildman–Crippen LogP) is 4.16. The molecule has 2 aromatic carbocycles. The second-order valence-electron chi connectivity index (χ2n) is 7.84. The van der Waals surface area contributed by atoms with Crippen LogP contribution in [0.25, 0.3) is 5.76 Å². The number of amides is 1. The molecule has 1 saturated heterocycles. The summed E-state index contributed by atoms with van der Waals surface area (Å²) in [5, 5.41) is 11.2. The van der Waals surface area contributed by atoms with Gasteiger partial charge in [-0.05, 0) is 56.3 Å². The Kier molecular flexibility index (Phi) is 7.70. The van der Waals surface area contributed by atoms with Crippen LogP contribution in [0.15, 0.2) is 54.1 Å². The monoisotopic (exact) mass is 436 g/mol. The van der Waals surface area contributed by atoms with Gasteiger partial charge in [-0.2, -0.15) is 0 Å². The summed E-state index contributed by atoms with van der Waals surface area (Å²) < 4.78 is 5.59. The Morgan fingerprint density at radius 1 is 1.06 bits per heavy atom. The Balaban J connectivity index is 2.07. The summed E-state index contributed by atoms with van der Waals surface area (Å²) in [6, 6.07) is 14.1. The molecule has 0 bridgehead atoms. The van der Waals surface area contributed by atoms with Crippen molar-refractivity contribution in [2.75, 3.05) is 32.8 Å². The fraction of sp³-hybridized carbons (Fsp3) is 0.385. The zero-order chi connectivity index (χ0) is 23.3. The number of aryl methyl sites for hydroxylation is 1. The van der Waals surface area contributed by atoms with E-state index in [2.05, 4.69) is 18.7 Å². The minimum Gasteiger partial charge on any atom is -0.507 e. The first-order valence-corrected chi connectivity index (χ1v) is 11.2. The Morgan fingerprint density at radius 3 is 2.34 bits per heavy atom. The van der Waals surface area contributed by atoms with Gasteiger partial charge in [0.2, 0.25) is 0 Å². The Bertz CT molecular complexity index is 996. The van der Waals surface area contributed by atoms with Crippen LogP contribution in [-0.2, 0) is 9.59 Å². The van der Waals surface area contributed by atoms with E-state index >= 15 is 0 Å². The second kappa shape index (κ2) is 10.5. The third kappa shape index (κ3) is 4.70. The van der Waals surface area contributed by atoms with E-state index in [0.717, 1.165) is 30.0 Å². The molecule has 1 aliphatic rings. The van der Waals surface area contributed by atoms with Crippen LogP contribution in [0.3, 0.4) is 0 Å². The molecular weight excluding hydrogens is 404 g/mol. The van der Waals surface area contributed by atoms with E-state index < -0.39 is 17.7 Å². The van der Waals surface area contributed by atoms with Gasteiger partial charge in [0, 0.05) is 18.7 Å². The van der Waals surface area contributed by atoms with Crippen LogP contribution >= 0.6 is 0 Å². The minimum atomic E-state index is -0.651. The summed E-state index contributed by atoms with van der Waals surface area (Å²) in [7, 11) is 0. The van der Waals surface area contributed by atoms with Gasteiger partial charge in [-0.25, -0.2) is 0 Å². The lowest BCUT2D eigenvalue weighted by Crippen LogP contribution is -2.38. The lowest BCUT2D eigenvalue weighted by atomic mass is 9.95. The maximum atomic E-state index is 13.1. The molecule has 1 amide bonds. The SMILES string of the molecule is CCOc1ccc(/C(O)=C2/C(=O)C(=O)N(CCN(CC)CC)C2c2ccccc2)cc1C. The average molecular weight is 437 g/mol. The maximum absolute atomic E-state index is 13.1. The van der Waals surface area contributed by atoms with E-state index in [4.69, 9.17) is 4.74 Å². The molecule has 0 spiro atoms. The summed E-state index contributed by atoms with van der Waals surface area (Å²) in [5.41, 5.74) is 2.27. The van der Waals surface area contributed by atoms with Gasteiger partial charge in [0.25, 0.3) is 11.7 Å². The molecule has 1 heterocycles. The number of nitrogens with zero attached hydrogens (tertiary/aromatic N) is 2. The number of carbonyl (C=O) groups excluding carboxylic acids is 2. The number of hydrogen-bond donors (Lipinski definition) is 1. The third-order valence-corrected chi connectivity index (χ3v) is 5.96. The first-order chi connectivity index (χ1) is 15.4. The summed E-state index contributed by atoms with van der Waals surface area (Å²) in [4.78, 5) is 29.9. The Morgan fingerprint density at radius 2 is 1.75 bits per heavy atom. The van der Waals surface area contributed by atoms with Gasteiger partial charge in [0.05, 0.1) is 18.2 Å². The smallest absolute Gasteiger partial charge is 0.295 e. The molecule has 0 aromatic heterocycles. The fourth-order valence-corrected chi connectivity index (χ4v) is 4.15. The van der Waals surface area contributed by atoms with E-state index in [1.807, 2.05) is 44.2 Å². The molecule has 1 N–H and O–H groups in total. The molecule has 0 radical (unpaired) electrons. The largest absolute Gasteiger partial charge is 0.507 e. The lowest BCUT2D eigenvalue weighted by molar-refractivity contribution is -0.140. The van der Waals surface area contributed by atoms with Gasteiger partial charge in [0.15, 0.2) is 0 Å². The number of ketones is 1. The number of aliphatic hydroxyl groups excluding tert-OH is 1. The number of aliphatic hydroxyl groups is 1. The van der Waals surface area contributed by atoms with Crippen LogP contribution in [0.5, 0.6) is 5.75 Å². The molecule has 1 aliphatic heterocycles. The predicted molar refractivity (Wildman–Crippen MR) is 126 cm³/mol. The summed E-state index contributed by atoms with van der Waals surface area (Å²) >= 11 is 0. The zero-order valence-electron chi connectivity index (χ0n) is 19.3. The van der Waals surface area contributed by atoms with Crippen LogP contribution in [0.2, 0.25) is 0 Å². The number of hydrogen-bond acceptors (Lipinski definition) is 5. The summed E-state index contributed by atoms with van der Waals surface area (Å²) in [5.74, 6) is -0.658. The van der Waals surface area contributed by atoms with E-state index in [0.29, 0.717) is 25.3 Å². The average Bonchev–Trinajstić information content (AvgIpc) is 3.06. The second-order valence-corrected chi connectivity index (χ2v) is 7.84. The Labute approximate surface area is 190 Å². The van der Waals surface area contributed by atoms with Crippen LogP contribution in [-0.4, -0.2) is 59.4 Å². The number of Topliss-reactive ketones (excluding diaryl/α,β-unsaturated/α-hetero) is 1. The highest BCUT2D eigenvalue weighted by atomic mass is 16.5. The maximum Gasteiger partial charge on any atom is 0.295 e. The van der Waals surface area contributed by atoms with Crippen LogP contribution < -0.4 is 4.74 Å². The van der Waals surface area contributed by atoms with Crippen molar-refractivity contribution < 1.29 is 19.4 Å². The molecule has 2 aromatic rings. The molecule has 32 heavy (non-hydrogen) atoms. The first-order valence-electron chi connectivity index (χ1n) is 11.2. The highest BCUT2D eigenvalue weighted by Gasteiger charge is 2.45. The molecule has 3 rings (SSSR count). The number of carbonyl (C=O) groups is 2. The summed E-state index contributed by atoms with van der Waals surface area (Å²) in [6.45, 7) is 11.3. The van der Waals surface area contributed by atoms with E-state index in [1.54, 1.807) is 23.1 Å². The normalized spacial score (nSPS) is 17.9. The highest BCUT2D eigenvalue weighted by Crippen LogP contribution is 2.39. The van der Waals surface area contributed by atoms with E-state index in [9.17, 15) is 14.7 Å². The lowest BCUT2D eigenvalue weighted by Gasteiger charge is -2.28. The number of rotatable bonds is 9. The number of ether oxygens (including phenoxy) is 1. The van der Waals surface area contributed by atoms with Crippen molar-refractivity contribution in [3.05, 3.63) is 70.8 Å². The van der Waals surface area contributed by atoms with Crippen LogP contribution in [0.4, 0.5) is 0 Å². The fourth-order valence-electron chi connectivity index (χ4n) is 4.15. The van der Waals surface area contributed by atoms with Gasteiger partial charge < -0.3 is 19.6 Å². The van der Waals surface area contributed by atoms with Crippen molar-refractivity contribution in [2.24, 2.45) is 0 Å². The third-order valence-electron chi connectivity index (χ3n) is 5.96. The molecule has 6 nitrogen and oxygen atoms in total. The van der Waals surface area contributed by atoms with Gasteiger partial charge >= 0.3 is 0 Å². The van der Waals surface area contributed by atoms with Crippen LogP contribution in [0, 0.1) is 6.92 Å². The molecule has 1 fully saturated rings. The van der Waals surface area contributed by atoms with Crippen LogP contribution in [0.1, 0.15) is 43.5 Å². The number of likely N-dealkylation sites (tertiary alicyclic amines) is 1. The van der Waals surface area contributed by atoms with Crippen molar-refractivity contribution >= 4 is 17.4 Å². The van der Waals surface area contributed by atoms with Gasteiger partial charge in [-0.1, -0.05) is 44.2 Å². The van der Waals surface area contributed by atoms with E-state index in [1.165, 1.54) is 0 Å². The molecule has 1 atom stereocenters. The van der Waals surface area contributed by atoms with Crippen molar-refractivity contribution in [3.63, 3.8) is 0 Å². The van der Waals surface area contributed by atoms with Gasteiger partial charge in [-0.15, -0.1) is 0 Å². The van der Waals surface area contributed by atoms with Crippen molar-refractivity contribution in [1.29, 1.82) is 0 Å². The molecule has 0 saturated carbocycles. The molecular formula is C26H32N2O4. The standard InChI is InChI=1S/C26H32N2O4/c1-5-27(6-2)15-16-28-23(19-11-9-8-10-12-19)22(25(30)26(28)31)24(29)20-13-14-21(32-7-3)18(4)17-20/h8-14,17,23,29H,5-7,15-16H2,1-4H3/b24-22-. The first kappa shape index (κ1) is 23.5. The van der Waals surface area contributed by atoms with Gasteiger partial charge in [-0.3, -0.25) is 9.59 Å². The summed E-state index contributed by atoms with van der Waals surface area (Å²) in [6.07, 6.45) is 0. The quantitative estimate of drug-likeness (QED) is 0.363. The molecule has 170 valence electrons. The number of benzene rings is 2.